The van der Waals surface area contributed by atoms with E-state index in [1.54, 1.807) is 0 Å². The molecule has 2 heterocycles. The monoisotopic (exact) mass is 588 g/mol. The predicted molar refractivity (Wildman–Crippen MR) is 122 cm³/mol. The largest absolute Gasteiger partial charge is 0.404 e. The van der Waals surface area contributed by atoms with Crippen LogP contribution in [0.3, 0.4) is 0 Å². The van der Waals surface area contributed by atoms with E-state index in [1.807, 2.05) is 0 Å². The third-order valence-corrected chi connectivity index (χ3v) is 7.70. The highest BCUT2D eigenvalue weighted by atomic mass is 32.2. The van der Waals surface area contributed by atoms with E-state index in [0.29, 0.717) is 17.4 Å². The molecule has 0 aliphatic heterocycles. The highest BCUT2D eigenvalue weighted by molar-refractivity contribution is 7.89. The second-order valence-corrected chi connectivity index (χ2v) is 11.4. The van der Waals surface area contributed by atoms with Gasteiger partial charge in [0.15, 0.2) is 10.8 Å². The normalized spacial score (nSPS) is 13.9. The number of aliphatic hydroxyl groups excluding tert-OH is 1. The molecule has 1 atom stereocenters. The molecule has 0 saturated carbocycles. The number of hydrogen-bond donors (Lipinski definition) is 3. The molecule has 3 N–H and O–H groups in total. The Bertz CT molecular complexity index is 1400. The van der Waals surface area contributed by atoms with E-state index < -0.39 is 69.1 Å². The van der Waals surface area contributed by atoms with E-state index in [2.05, 4.69) is 15.1 Å². The van der Waals surface area contributed by atoms with Crippen LogP contribution in [0, 0.1) is 5.82 Å². The van der Waals surface area contributed by atoms with Crippen LogP contribution in [0.1, 0.15) is 50.8 Å². The van der Waals surface area contributed by atoms with E-state index in [-0.39, 0.29) is 33.7 Å². The lowest BCUT2D eigenvalue weighted by molar-refractivity contribution is -0.151. The van der Waals surface area contributed by atoms with Crippen LogP contribution in [0.2, 0.25) is 0 Å². The lowest BCUT2D eigenvalue weighted by Crippen LogP contribution is -2.45. The number of rotatable bonds is 10. The molecule has 38 heavy (non-hydrogen) atoms. The number of nitrogens with one attached hydrogen (secondary N) is 1. The summed E-state index contributed by atoms with van der Waals surface area (Å²) >= 11 is 0.660. The minimum absolute atomic E-state index is 0.0234. The SMILES string of the molecule is CCC(NS(=O)(=O)c1ccc(-c2sc(-c3noc(CC(C)(C)O)n3)nc2CO)c(C(F)F)c1F)C(F)(F)F. The number of halogens is 6. The first-order chi connectivity index (χ1) is 17.5. The molecule has 0 aliphatic carbocycles. The molecule has 0 amide bonds. The first-order valence-electron chi connectivity index (χ1n) is 10.8. The molecule has 0 radical (unpaired) electrons. The van der Waals surface area contributed by atoms with Gasteiger partial charge in [-0.15, -0.1) is 11.3 Å². The topological polar surface area (TPSA) is 138 Å². The molecule has 3 aromatic rings. The summed E-state index contributed by atoms with van der Waals surface area (Å²) in [7, 11) is -5.20. The Balaban J connectivity index is 2.09. The maximum Gasteiger partial charge on any atom is 0.404 e. The Hall–Kier alpha value is -2.60. The molecule has 17 heteroatoms. The number of benzene rings is 1. The summed E-state index contributed by atoms with van der Waals surface area (Å²) in [5, 5.41) is 23.3. The van der Waals surface area contributed by atoms with Crippen LogP contribution in [0.15, 0.2) is 21.6 Å². The second kappa shape index (κ2) is 10.9. The number of aliphatic hydroxyl groups is 2. The minimum atomic E-state index is -5.20. The van der Waals surface area contributed by atoms with Gasteiger partial charge in [0.25, 0.3) is 6.43 Å². The molecule has 0 saturated heterocycles. The third-order valence-electron chi connectivity index (χ3n) is 5.09. The second-order valence-electron chi connectivity index (χ2n) is 8.72. The summed E-state index contributed by atoms with van der Waals surface area (Å²) in [4.78, 5) is 6.54. The summed E-state index contributed by atoms with van der Waals surface area (Å²) in [6.07, 6.45) is -9.34. The number of sulfonamides is 1. The van der Waals surface area contributed by atoms with Crippen LogP contribution in [-0.4, -0.2) is 51.6 Å². The van der Waals surface area contributed by atoms with Crippen molar-refractivity contribution in [2.24, 2.45) is 0 Å². The van der Waals surface area contributed by atoms with Gasteiger partial charge in [0.2, 0.25) is 21.7 Å². The van der Waals surface area contributed by atoms with E-state index in [0.717, 1.165) is 13.0 Å². The predicted octanol–water partition coefficient (Wildman–Crippen LogP) is 4.36. The van der Waals surface area contributed by atoms with Crippen LogP contribution in [0.25, 0.3) is 21.3 Å². The lowest BCUT2D eigenvalue weighted by Gasteiger charge is -2.21. The molecule has 0 aliphatic rings. The summed E-state index contributed by atoms with van der Waals surface area (Å²) in [6.45, 7) is 3.23. The van der Waals surface area contributed by atoms with Crippen molar-refractivity contribution >= 4 is 21.4 Å². The number of aromatic nitrogens is 3. The Labute approximate surface area is 216 Å². The number of nitrogens with zero attached hydrogens (tertiary/aromatic N) is 3. The fourth-order valence-corrected chi connectivity index (χ4v) is 5.81. The van der Waals surface area contributed by atoms with E-state index in [4.69, 9.17) is 4.52 Å². The Kier molecular flexibility index (Phi) is 8.57. The number of hydrogen-bond acceptors (Lipinski definition) is 9. The summed E-state index contributed by atoms with van der Waals surface area (Å²) < 4.78 is 114. The zero-order valence-corrected chi connectivity index (χ0v) is 21.6. The first kappa shape index (κ1) is 29.9. The Morgan fingerprint density at radius 2 is 1.84 bits per heavy atom. The van der Waals surface area contributed by atoms with Crippen molar-refractivity contribution in [2.45, 2.75) is 69.4 Å². The molecular formula is C21H22F6N4O5S2. The van der Waals surface area contributed by atoms with E-state index >= 15 is 4.39 Å². The van der Waals surface area contributed by atoms with Gasteiger partial charge in [-0.3, -0.25) is 0 Å². The average Bonchev–Trinajstić information content (AvgIpc) is 3.41. The maximum absolute atomic E-state index is 15.2. The van der Waals surface area contributed by atoms with E-state index in [9.17, 15) is 40.6 Å². The number of alkyl halides is 5. The van der Waals surface area contributed by atoms with Gasteiger partial charge in [0.1, 0.15) is 10.9 Å². The van der Waals surface area contributed by atoms with Gasteiger partial charge in [0.05, 0.1) is 34.8 Å². The molecule has 0 bridgehead atoms. The van der Waals surface area contributed by atoms with Gasteiger partial charge in [-0.25, -0.2) is 26.6 Å². The average molecular weight is 589 g/mol. The highest BCUT2D eigenvalue weighted by Crippen LogP contribution is 2.42. The molecule has 0 spiro atoms. The lowest BCUT2D eigenvalue weighted by atomic mass is 10.0. The van der Waals surface area contributed by atoms with E-state index in [1.165, 1.54) is 18.6 Å². The van der Waals surface area contributed by atoms with Crippen LogP contribution in [0.4, 0.5) is 26.3 Å². The van der Waals surface area contributed by atoms with Crippen molar-refractivity contribution in [3.8, 4) is 21.3 Å². The quantitative estimate of drug-likeness (QED) is 0.297. The fourth-order valence-electron chi connectivity index (χ4n) is 3.37. The smallest absolute Gasteiger partial charge is 0.390 e. The van der Waals surface area contributed by atoms with Crippen LogP contribution in [-0.2, 0) is 23.1 Å². The molecule has 1 aromatic carbocycles. The van der Waals surface area contributed by atoms with Crippen LogP contribution >= 0.6 is 11.3 Å². The maximum atomic E-state index is 15.2. The summed E-state index contributed by atoms with van der Waals surface area (Å²) in [5.41, 5.74) is -3.33. The number of thiazole rings is 1. The minimum Gasteiger partial charge on any atom is -0.390 e. The zero-order valence-electron chi connectivity index (χ0n) is 20.0. The summed E-state index contributed by atoms with van der Waals surface area (Å²) in [5.74, 6) is -2.04. The van der Waals surface area contributed by atoms with Crippen molar-refractivity contribution in [2.75, 3.05) is 0 Å². The van der Waals surface area contributed by atoms with Gasteiger partial charge < -0.3 is 14.7 Å². The van der Waals surface area contributed by atoms with Gasteiger partial charge in [0, 0.05) is 5.56 Å². The van der Waals surface area contributed by atoms with Crippen molar-refractivity contribution in [3.63, 3.8) is 0 Å². The Morgan fingerprint density at radius 3 is 2.37 bits per heavy atom. The molecule has 2 aromatic heterocycles. The molecule has 0 fully saturated rings. The molecule has 1 unspecified atom stereocenters. The van der Waals surface area contributed by atoms with Crippen LogP contribution < -0.4 is 4.72 Å². The van der Waals surface area contributed by atoms with Crippen molar-refractivity contribution in [3.05, 3.63) is 35.1 Å². The molecular weight excluding hydrogens is 566 g/mol. The first-order valence-corrected chi connectivity index (χ1v) is 13.1. The molecule has 3 rings (SSSR count). The van der Waals surface area contributed by atoms with Crippen molar-refractivity contribution < 1.29 is 49.5 Å². The molecule has 210 valence electrons. The van der Waals surface area contributed by atoms with Gasteiger partial charge in [-0.2, -0.15) is 22.9 Å². The summed E-state index contributed by atoms with van der Waals surface area (Å²) in [6, 6.07) is -1.22. The van der Waals surface area contributed by atoms with Gasteiger partial charge in [-0.1, -0.05) is 18.1 Å². The highest BCUT2D eigenvalue weighted by Gasteiger charge is 2.42. The van der Waals surface area contributed by atoms with Crippen molar-refractivity contribution in [1.82, 2.24) is 19.8 Å². The Morgan fingerprint density at radius 1 is 1.18 bits per heavy atom. The van der Waals surface area contributed by atoms with Gasteiger partial charge in [-0.05, 0) is 26.3 Å². The zero-order chi connectivity index (χ0) is 28.6. The third kappa shape index (κ3) is 6.51. The standard InChI is InChI=1S/C21H22F6N4O5S2/c1-4-12(21(25,26)27)31-38(34,35)11-6-5-9(14(15(11)22)17(23)24)16-10(8-32)28-19(37-16)18-29-13(36-30-18)7-20(2,3)33/h5-6,12,17,31-33H,4,7-8H2,1-3H3. The van der Waals surface area contributed by atoms with Crippen molar-refractivity contribution in [1.29, 1.82) is 0 Å². The van der Waals surface area contributed by atoms with Crippen LogP contribution in [0.5, 0.6) is 0 Å². The fraction of sp³-hybridized carbons (Fsp3) is 0.476. The van der Waals surface area contributed by atoms with Gasteiger partial charge >= 0.3 is 6.18 Å². The molecule has 9 nitrogen and oxygen atoms in total.